The summed E-state index contributed by atoms with van der Waals surface area (Å²) >= 11 is 0. The van der Waals surface area contributed by atoms with Crippen molar-refractivity contribution >= 4 is 0 Å². The van der Waals surface area contributed by atoms with Crippen molar-refractivity contribution in [1.82, 2.24) is 4.90 Å². The first-order valence-electron chi connectivity index (χ1n) is 8.24. The highest BCUT2D eigenvalue weighted by Crippen LogP contribution is 2.27. The van der Waals surface area contributed by atoms with Gasteiger partial charge in [0.1, 0.15) is 5.75 Å². The number of hydrogen-bond acceptors (Lipinski definition) is 2. The smallest absolute Gasteiger partial charge is 0.119 e. The molecule has 0 spiro atoms. The van der Waals surface area contributed by atoms with Crippen LogP contribution in [-0.2, 0) is 13.0 Å². The van der Waals surface area contributed by atoms with Crippen LogP contribution in [0.4, 0.5) is 0 Å². The summed E-state index contributed by atoms with van der Waals surface area (Å²) in [4.78, 5) is 2.38. The lowest BCUT2D eigenvalue weighted by Gasteiger charge is -2.25. The lowest BCUT2D eigenvalue weighted by Crippen LogP contribution is -2.26. The maximum Gasteiger partial charge on any atom is 0.119 e. The van der Waals surface area contributed by atoms with Crippen LogP contribution in [0.1, 0.15) is 49.7 Å². The van der Waals surface area contributed by atoms with E-state index in [1.54, 1.807) is 0 Å². The van der Waals surface area contributed by atoms with E-state index in [2.05, 4.69) is 30.1 Å². The normalized spacial score (nSPS) is 20.6. The average Bonchev–Trinajstić information content (AvgIpc) is 2.48. The molecule has 1 aromatic rings. The maximum absolute atomic E-state index is 5.99. The van der Waals surface area contributed by atoms with Gasteiger partial charge < -0.3 is 9.64 Å². The van der Waals surface area contributed by atoms with E-state index in [0.29, 0.717) is 0 Å². The van der Waals surface area contributed by atoms with Gasteiger partial charge in [0.15, 0.2) is 0 Å². The number of benzene rings is 1. The summed E-state index contributed by atoms with van der Waals surface area (Å²) in [5, 5.41) is 0. The van der Waals surface area contributed by atoms with Crippen LogP contribution in [0.5, 0.6) is 5.75 Å². The molecule has 0 bridgehead atoms. The summed E-state index contributed by atoms with van der Waals surface area (Å²) < 4.78 is 5.99. The van der Waals surface area contributed by atoms with Gasteiger partial charge in [-0.05, 0) is 49.1 Å². The summed E-state index contributed by atoms with van der Waals surface area (Å²) in [6.07, 6.45) is 9.52. The maximum atomic E-state index is 5.99. The second-order valence-corrected chi connectivity index (χ2v) is 6.56. The Morgan fingerprint density at radius 1 is 1.15 bits per heavy atom. The molecule has 110 valence electrons. The minimum absolute atomic E-state index is 0.892. The predicted molar refractivity (Wildman–Crippen MR) is 83.2 cm³/mol. The summed E-state index contributed by atoms with van der Waals surface area (Å²) in [5.41, 5.74) is 2.96. The van der Waals surface area contributed by atoms with E-state index < -0.39 is 0 Å². The lowest BCUT2D eigenvalue weighted by molar-refractivity contribution is 0.245. The number of fused-ring (bicyclic) bond motifs is 1. The lowest BCUT2D eigenvalue weighted by atomic mass is 9.87. The van der Waals surface area contributed by atoms with Gasteiger partial charge in [-0.15, -0.1) is 0 Å². The van der Waals surface area contributed by atoms with Crippen molar-refractivity contribution in [2.45, 2.75) is 51.5 Å². The summed E-state index contributed by atoms with van der Waals surface area (Å²) in [7, 11) is 2.19. The molecule has 0 radical (unpaired) electrons. The van der Waals surface area contributed by atoms with Crippen LogP contribution >= 0.6 is 0 Å². The third kappa shape index (κ3) is 3.54. The Hall–Kier alpha value is -1.02. The monoisotopic (exact) mass is 273 g/mol. The molecule has 1 fully saturated rings. The number of ether oxygens (including phenoxy) is 1. The minimum atomic E-state index is 0.892. The van der Waals surface area contributed by atoms with E-state index in [1.165, 1.54) is 56.2 Å². The zero-order chi connectivity index (χ0) is 13.8. The molecule has 20 heavy (non-hydrogen) atoms. The van der Waals surface area contributed by atoms with Gasteiger partial charge in [-0.25, -0.2) is 0 Å². The summed E-state index contributed by atoms with van der Waals surface area (Å²) in [6, 6.07) is 6.67. The van der Waals surface area contributed by atoms with Crippen molar-refractivity contribution in [1.29, 1.82) is 0 Å². The highest BCUT2D eigenvalue weighted by atomic mass is 16.5. The molecule has 0 atom stereocenters. The second-order valence-electron chi connectivity index (χ2n) is 6.56. The van der Waals surface area contributed by atoms with Crippen molar-refractivity contribution in [3.8, 4) is 5.75 Å². The van der Waals surface area contributed by atoms with Crippen LogP contribution in [-0.4, -0.2) is 25.1 Å². The SMILES string of the molecule is CN1CCc2cc(OCCC3CCCCC3)ccc2C1. The number of rotatable bonds is 4. The van der Waals surface area contributed by atoms with Gasteiger partial charge in [0.25, 0.3) is 0 Å². The van der Waals surface area contributed by atoms with E-state index in [0.717, 1.165) is 31.2 Å². The number of hydrogen-bond donors (Lipinski definition) is 0. The van der Waals surface area contributed by atoms with Gasteiger partial charge in [0, 0.05) is 13.1 Å². The fourth-order valence-electron chi connectivity index (χ4n) is 3.58. The average molecular weight is 273 g/mol. The molecule has 0 saturated heterocycles. The van der Waals surface area contributed by atoms with Crippen molar-refractivity contribution in [3.05, 3.63) is 29.3 Å². The van der Waals surface area contributed by atoms with Gasteiger partial charge in [0.2, 0.25) is 0 Å². The molecule has 1 aliphatic heterocycles. The van der Waals surface area contributed by atoms with Crippen molar-refractivity contribution in [2.75, 3.05) is 20.2 Å². The Morgan fingerprint density at radius 2 is 2.00 bits per heavy atom. The molecule has 2 nitrogen and oxygen atoms in total. The molecule has 1 aliphatic carbocycles. The van der Waals surface area contributed by atoms with Gasteiger partial charge in [-0.2, -0.15) is 0 Å². The van der Waals surface area contributed by atoms with E-state index >= 15 is 0 Å². The van der Waals surface area contributed by atoms with E-state index in [1.807, 2.05) is 0 Å². The van der Waals surface area contributed by atoms with Crippen LogP contribution in [0.15, 0.2) is 18.2 Å². The third-order valence-corrected chi connectivity index (χ3v) is 4.90. The zero-order valence-corrected chi connectivity index (χ0v) is 12.7. The topological polar surface area (TPSA) is 12.5 Å². The molecule has 1 aromatic carbocycles. The Bertz CT molecular complexity index is 437. The Morgan fingerprint density at radius 3 is 2.85 bits per heavy atom. The van der Waals surface area contributed by atoms with Crippen molar-refractivity contribution < 1.29 is 4.74 Å². The molecule has 1 heterocycles. The molecule has 0 N–H and O–H groups in total. The molecule has 3 rings (SSSR count). The van der Waals surface area contributed by atoms with Gasteiger partial charge in [0.05, 0.1) is 6.61 Å². The first kappa shape index (κ1) is 13.9. The Balaban J connectivity index is 1.50. The highest BCUT2D eigenvalue weighted by Gasteiger charge is 2.15. The van der Waals surface area contributed by atoms with Crippen LogP contribution in [0.2, 0.25) is 0 Å². The molecular weight excluding hydrogens is 246 g/mol. The standard InChI is InChI=1S/C18H27NO/c1-19-11-9-16-13-18(8-7-17(16)14-19)20-12-10-15-5-3-2-4-6-15/h7-8,13,15H,2-6,9-12,14H2,1H3. The van der Waals surface area contributed by atoms with Crippen molar-refractivity contribution in [2.24, 2.45) is 5.92 Å². The molecular formula is C18H27NO. The van der Waals surface area contributed by atoms with Gasteiger partial charge in [-0.3, -0.25) is 0 Å². The zero-order valence-electron chi connectivity index (χ0n) is 12.7. The predicted octanol–water partition coefficient (Wildman–Crippen LogP) is 4.02. The summed E-state index contributed by atoms with van der Waals surface area (Å²) in [6.45, 7) is 3.14. The number of likely N-dealkylation sites (N-methyl/N-ethyl adjacent to an activating group) is 1. The molecule has 2 aliphatic rings. The highest BCUT2D eigenvalue weighted by molar-refractivity contribution is 5.37. The van der Waals surface area contributed by atoms with Crippen LogP contribution in [0, 0.1) is 5.92 Å². The summed E-state index contributed by atoms with van der Waals surface area (Å²) in [5.74, 6) is 1.99. The van der Waals surface area contributed by atoms with Crippen LogP contribution in [0.25, 0.3) is 0 Å². The fourth-order valence-corrected chi connectivity index (χ4v) is 3.58. The van der Waals surface area contributed by atoms with Gasteiger partial charge in [-0.1, -0.05) is 38.2 Å². The number of nitrogens with zero attached hydrogens (tertiary/aromatic N) is 1. The second kappa shape index (κ2) is 6.62. The van der Waals surface area contributed by atoms with Crippen LogP contribution < -0.4 is 4.74 Å². The van der Waals surface area contributed by atoms with Crippen LogP contribution in [0.3, 0.4) is 0 Å². The van der Waals surface area contributed by atoms with E-state index in [-0.39, 0.29) is 0 Å². The Kier molecular flexibility index (Phi) is 4.62. The van der Waals surface area contributed by atoms with E-state index in [9.17, 15) is 0 Å². The first-order chi connectivity index (χ1) is 9.81. The molecule has 0 unspecified atom stereocenters. The largest absolute Gasteiger partial charge is 0.494 e. The van der Waals surface area contributed by atoms with E-state index in [4.69, 9.17) is 4.74 Å². The first-order valence-corrected chi connectivity index (χ1v) is 8.24. The molecule has 2 heteroatoms. The van der Waals surface area contributed by atoms with Crippen molar-refractivity contribution in [3.63, 3.8) is 0 Å². The Labute approximate surface area is 123 Å². The third-order valence-electron chi connectivity index (χ3n) is 4.90. The molecule has 1 saturated carbocycles. The quantitative estimate of drug-likeness (QED) is 0.821. The minimum Gasteiger partial charge on any atom is -0.494 e. The molecule has 0 aromatic heterocycles. The fraction of sp³-hybridized carbons (Fsp3) is 0.667. The molecule has 0 amide bonds. The van der Waals surface area contributed by atoms with Gasteiger partial charge >= 0.3 is 0 Å².